The normalized spacial score (nSPS) is 14.9. The van der Waals surface area contributed by atoms with Crippen LogP contribution in [0.5, 0.6) is 0 Å². The number of fused-ring (bicyclic) bond motifs is 1. The molecule has 94 valence electrons. The Hall–Kier alpha value is -1.81. The molecule has 1 amide bonds. The second-order valence-electron chi connectivity index (χ2n) is 4.88. The Morgan fingerprint density at radius 3 is 2.94 bits per heavy atom. The Morgan fingerprint density at radius 2 is 2.22 bits per heavy atom. The van der Waals surface area contributed by atoms with Gasteiger partial charge in [-0.1, -0.05) is 12.1 Å². The van der Waals surface area contributed by atoms with Crippen molar-refractivity contribution >= 4 is 16.8 Å². The van der Waals surface area contributed by atoms with Gasteiger partial charge in [0.2, 0.25) is 5.91 Å². The summed E-state index contributed by atoms with van der Waals surface area (Å²) < 4.78 is 1.98. The highest BCUT2D eigenvalue weighted by molar-refractivity contribution is 5.84. The van der Waals surface area contributed by atoms with E-state index in [1.165, 1.54) is 0 Å². The molecule has 1 aliphatic carbocycles. The van der Waals surface area contributed by atoms with Crippen molar-refractivity contribution in [3.8, 4) is 0 Å². The van der Waals surface area contributed by atoms with Gasteiger partial charge >= 0.3 is 0 Å². The van der Waals surface area contributed by atoms with Crippen LogP contribution in [0.25, 0.3) is 10.9 Å². The lowest BCUT2D eigenvalue weighted by Gasteiger charge is -2.07. The minimum atomic E-state index is 0.0909. The van der Waals surface area contributed by atoms with Gasteiger partial charge in [0.1, 0.15) is 6.54 Å². The maximum absolute atomic E-state index is 11.8. The highest BCUT2D eigenvalue weighted by atomic mass is 16.2. The molecule has 18 heavy (non-hydrogen) atoms. The Balaban J connectivity index is 1.83. The van der Waals surface area contributed by atoms with Crippen LogP contribution in [0.1, 0.15) is 18.4 Å². The van der Waals surface area contributed by atoms with Gasteiger partial charge in [0.25, 0.3) is 0 Å². The molecule has 1 fully saturated rings. The van der Waals surface area contributed by atoms with Crippen LogP contribution < -0.4 is 11.1 Å². The second kappa shape index (κ2) is 4.46. The number of nitrogens with one attached hydrogen (secondary N) is 1. The van der Waals surface area contributed by atoms with E-state index in [0.717, 1.165) is 29.3 Å². The molecule has 4 heteroatoms. The van der Waals surface area contributed by atoms with E-state index >= 15 is 0 Å². The second-order valence-corrected chi connectivity index (χ2v) is 4.88. The molecule has 0 atom stereocenters. The Labute approximate surface area is 106 Å². The van der Waals surface area contributed by atoms with Crippen molar-refractivity contribution in [1.29, 1.82) is 0 Å². The fourth-order valence-electron chi connectivity index (χ4n) is 2.15. The number of benzene rings is 1. The smallest absolute Gasteiger partial charge is 0.240 e. The van der Waals surface area contributed by atoms with Gasteiger partial charge in [-0.2, -0.15) is 0 Å². The molecule has 1 aromatic heterocycles. The van der Waals surface area contributed by atoms with E-state index in [2.05, 4.69) is 11.4 Å². The van der Waals surface area contributed by atoms with Gasteiger partial charge in [-0.25, -0.2) is 0 Å². The summed E-state index contributed by atoms with van der Waals surface area (Å²) in [6.45, 7) is 0.906. The number of hydrogen-bond acceptors (Lipinski definition) is 2. The number of aromatic nitrogens is 1. The van der Waals surface area contributed by atoms with Crippen LogP contribution in [-0.2, 0) is 17.9 Å². The first-order valence-corrected chi connectivity index (χ1v) is 6.33. The molecular formula is C14H17N3O. The monoisotopic (exact) mass is 243 g/mol. The topological polar surface area (TPSA) is 60.0 Å². The largest absolute Gasteiger partial charge is 0.352 e. The quantitative estimate of drug-likeness (QED) is 0.852. The molecule has 0 bridgehead atoms. The van der Waals surface area contributed by atoms with Crippen LogP contribution in [0.3, 0.4) is 0 Å². The van der Waals surface area contributed by atoms with Crippen LogP contribution >= 0.6 is 0 Å². The molecular weight excluding hydrogens is 226 g/mol. The van der Waals surface area contributed by atoms with Crippen molar-refractivity contribution in [3.63, 3.8) is 0 Å². The molecule has 1 heterocycles. The summed E-state index contributed by atoms with van der Waals surface area (Å²) in [5, 5.41) is 4.15. The van der Waals surface area contributed by atoms with Crippen molar-refractivity contribution in [2.75, 3.05) is 0 Å². The van der Waals surface area contributed by atoms with Gasteiger partial charge in [0.05, 0.1) is 0 Å². The number of hydrogen-bond donors (Lipinski definition) is 2. The van der Waals surface area contributed by atoms with E-state index in [1.807, 2.05) is 29.0 Å². The predicted octanol–water partition coefficient (Wildman–Crippen LogP) is 1.38. The molecule has 0 spiro atoms. The average molecular weight is 243 g/mol. The highest BCUT2D eigenvalue weighted by Crippen LogP contribution is 2.20. The molecule has 1 aliphatic rings. The van der Waals surface area contributed by atoms with Crippen molar-refractivity contribution in [1.82, 2.24) is 9.88 Å². The lowest BCUT2D eigenvalue weighted by molar-refractivity contribution is -0.121. The first-order valence-electron chi connectivity index (χ1n) is 6.33. The molecule has 3 N–H and O–H groups in total. The minimum absolute atomic E-state index is 0.0909. The van der Waals surface area contributed by atoms with Gasteiger partial charge in [-0.15, -0.1) is 0 Å². The van der Waals surface area contributed by atoms with Crippen molar-refractivity contribution in [3.05, 3.63) is 36.0 Å². The molecule has 0 aliphatic heterocycles. The maximum Gasteiger partial charge on any atom is 0.240 e. The molecule has 1 saturated carbocycles. The van der Waals surface area contributed by atoms with Crippen molar-refractivity contribution in [2.45, 2.75) is 32.0 Å². The molecule has 2 aromatic rings. The third-order valence-electron chi connectivity index (χ3n) is 3.33. The molecule has 0 unspecified atom stereocenters. The predicted molar refractivity (Wildman–Crippen MR) is 71.0 cm³/mol. The third-order valence-corrected chi connectivity index (χ3v) is 3.33. The minimum Gasteiger partial charge on any atom is -0.352 e. The van der Waals surface area contributed by atoms with E-state index in [0.29, 0.717) is 19.1 Å². The molecule has 0 saturated heterocycles. The van der Waals surface area contributed by atoms with Crippen LogP contribution in [0.4, 0.5) is 0 Å². The van der Waals surface area contributed by atoms with E-state index in [9.17, 15) is 4.79 Å². The summed E-state index contributed by atoms with van der Waals surface area (Å²) in [6.07, 6.45) is 4.20. The fraction of sp³-hybridized carbons (Fsp3) is 0.357. The first-order chi connectivity index (χ1) is 8.76. The SMILES string of the molecule is NCc1ccc2ccn(CC(=O)NC3CC3)c2c1. The lowest BCUT2D eigenvalue weighted by Crippen LogP contribution is -2.29. The summed E-state index contributed by atoms with van der Waals surface area (Å²) in [6, 6.07) is 8.57. The summed E-state index contributed by atoms with van der Waals surface area (Å²) in [7, 11) is 0. The van der Waals surface area contributed by atoms with Crippen molar-refractivity contribution in [2.24, 2.45) is 5.73 Å². The lowest BCUT2D eigenvalue weighted by atomic mass is 10.1. The zero-order valence-corrected chi connectivity index (χ0v) is 10.2. The standard InChI is InChI=1S/C14H17N3O/c15-8-10-1-2-11-5-6-17(13(11)7-10)9-14(18)16-12-3-4-12/h1-2,5-7,12H,3-4,8-9,15H2,(H,16,18). The van der Waals surface area contributed by atoms with E-state index in [1.54, 1.807) is 0 Å². The van der Waals surface area contributed by atoms with E-state index in [-0.39, 0.29) is 5.91 Å². The highest BCUT2D eigenvalue weighted by Gasteiger charge is 2.23. The summed E-state index contributed by atoms with van der Waals surface area (Å²) in [5.74, 6) is 0.0909. The van der Waals surface area contributed by atoms with Gasteiger partial charge in [0.15, 0.2) is 0 Å². The summed E-state index contributed by atoms with van der Waals surface area (Å²) >= 11 is 0. The van der Waals surface area contributed by atoms with Gasteiger partial charge in [-0.05, 0) is 35.9 Å². The molecule has 0 radical (unpaired) electrons. The number of nitrogens with zero attached hydrogens (tertiary/aromatic N) is 1. The van der Waals surface area contributed by atoms with Crippen molar-refractivity contribution < 1.29 is 4.79 Å². The fourth-order valence-corrected chi connectivity index (χ4v) is 2.15. The van der Waals surface area contributed by atoms with Gasteiger partial charge in [-0.3, -0.25) is 4.79 Å². The Kier molecular flexibility index (Phi) is 2.80. The number of carbonyl (C=O) groups excluding carboxylic acids is 1. The van der Waals surface area contributed by atoms with Crippen LogP contribution in [0.2, 0.25) is 0 Å². The van der Waals surface area contributed by atoms with E-state index < -0.39 is 0 Å². The number of amides is 1. The molecule has 1 aromatic carbocycles. The third kappa shape index (κ3) is 2.24. The number of carbonyl (C=O) groups is 1. The molecule has 3 rings (SSSR count). The maximum atomic E-state index is 11.8. The Morgan fingerprint density at radius 1 is 1.39 bits per heavy atom. The van der Waals surface area contributed by atoms with Crippen LogP contribution in [-0.4, -0.2) is 16.5 Å². The van der Waals surface area contributed by atoms with E-state index in [4.69, 9.17) is 5.73 Å². The summed E-state index contributed by atoms with van der Waals surface area (Å²) in [4.78, 5) is 11.8. The number of rotatable bonds is 4. The first kappa shape index (κ1) is 11.3. The molecule has 4 nitrogen and oxygen atoms in total. The zero-order chi connectivity index (χ0) is 12.5. The average Bonchev–Trinajstić information content (AvgIpc) is 3.10. The Bertz CT molecular complexity index is 584. The zero-order valence-electron chi connectivity index (χ0n) is 10.2. The van der Waals surface area contributed by atoms with Gasteiger partial charge < -0.3 is 15.6 Å². The number of nitrogens with two attached hydrogens (primary N) is 1. The van der Waals surface area contributed by atoms with Crippen LogP contribution in [0.15, 0.2) is 30.5 Å². The van der Waals surface area contributed by atoms with Crippen LogP contribution in [0, 0.1) is 0 Å². The van der Waals surface area contributed by atoms with Gasteiger partial charge in [0, 0.05) is 24.3 Å². The summed E-state index contributed by atoms with van der Waals surface area (Å²) in [5.41, 5.74) is 7.81.